The summed E-state index contributed by atoms with van der Waals surface area (Å²) in [6.45, 7) is 6.20. The van der Waals surface area contributed by atoms with Crippen molar-refractivity contribution in [2.75, 3.05) is 5.75 Å². The molecule has 1 fully saturated rings. The van der Waals surface area contributed by atoms with Crippen LogP contribution in [0.4, 0.5) is 4.39 Å². The number of amides is 2. The minimum atomic E-state index is -0.588. The minimum absolute atomic E-state index is 0.0854. The Bertz CT molecular complexity index is 906. The number of rotatable bonds is 9. The monoisotopic (exact) mass is 456 g/mol. The van der Waals surface area contributed by atoms with E-state index in [4.69, 9.17) is 0 Å². The Morgan fingerprint density at radius 1 is 1.06 bits per heavy atom. The van der Waals surface area contributed by atoms with Crippen molar-refractivity contribution in [3.05, 3.63) is 70.5 Å². The standard InChI is InChI=1S/C26H33FN2O2S/c1-18-12-19(2)14-22(13-18)16-32-17-25(30)29(15-21-8-10-23(27)11-9-21)20(3)26(31)28-24-6-4-5-7-24/h8-14,20,24H,4-7,15-17H2,1-3H3,(H,28,31). The highest BCUT2D eigenvalue weighted by Gasteiger charge is 2.28. The lowest BCUT2D eigenvalue weighted by molar-refractivity contribution is -0.138. The summed E-state index contributed by atoms with van der Waals surface area (Å²) in [5.74, 6) is 0.503. The molecule has 0 aliphatic heterocycles. The Balaban J connectivity index is 1.65. The average molecular weight is 457 g/mol. The molecule has 1 aliphatic carbocycles. The summed E-state index contributed by atoms with van der Waals surface area (Å²) in [6.07, 6.45) is 4.26. The number of aryl methyl sites for hydroxylation is 2. The van der Waals surface area contributed by atoms with E-state index in [-0.39, 0.29) is 36.0 Å². The number of benzene rings is 2. The maximum absolute atomic E-state index is 13.3. The molecular weight excluding hydrogens is 423 g/mol. The third-order valence-corrected chi connectivity index (χ3v) is 6.90. The van der Waals surface area contributed by atoms with E-state index in [1.165, 1.54) is 28.8 Å². The molecule has 172 valence electrons. The molecule has 3 rings (SSSR count). The highest BCUT2D eigenvalue weighted by Crippen LogP contribution is 2.20. The number of carbonyl (C=O) groups excluding carboxylic acids is 2. The lowest BCUT2D eigenvalue weighted by Gasteiger charge is -2.29. The van der Waals surface area contributed by atoms with Crippen molar-refractivity contribution >= 4 is 23.6 Å². The first kappa shape index (κ1) is 24.3. The van der Waals surface area contributed by atoms with Crippen LogP contribution in [0.3, 0.4) is 0 Å². The minimum Gasteiger partial charge on any atom is -0.352 e. The molecule has 0 aromatic heterocycles. The predicted octanol–water partition coefficient (Wildman–Crippen LogP) is 5.15. The third kappa shape index (κ3) is 7.09. The van der Waals surface area contributed by atoms with Crippen molar-refractivity contribution < 1.29 is 14.0 Å². The number of halogens is 1. The molecule has 32 heavy (non-hydrogen) atoms. The van der Waals surface area contributed by atoms with Gasteiger partial charge in [0.15, 0.2) is 0 Å². The number of carbonyl (C=O) groups is 2. The zero-order valence-corrected chi connectivity index (χ0v) is 20.0. The largest absolute Gasteiger partial charge is 0.352 e. The Morgan fingerprint density at radius 2 is 1.69 bits per heavy atom. The number of hydrogen-bond donors (Lipinski definition) is 1. The van der Waals surface area contributed by atoms with E-state index in [1.54, 1.807) is 35.7 Å². The smallest absolute Gasteiger partial charge is 0.242 e. The average Bonchev–Trinajstić information content (AvgIpc) is 3.25. The van der Waals surface area contributed by atoms with Gasteiger partial charge < -0.3 is 10.2 Å². The molecule has 2 aromatic rings. The lowest BCUT2D eigenvalue weighted by Crippen LogP contribution is -2.50. The molecule has 1 aliphatic rings. The molecule has 1 atom stereocenters. The normalized spacial score (nSPS) is 14.9. The Hall–Kier alpha value is -2.34. The molecule has 0 bridgehead atoms. The highest BCUT2D eigenvalue weighted by atomic mass is 32.2. The van der Waals surface area contributed by atoms with E-state index in [0.717, 1.165) is 37.0 Å². The summed E-state index contributed by atoms with van der Waals surface area (Å²) in [6, 6.07) is 12.1. The first-order valence-corrected chi connectivity index (χ1v) is 12.5. The zero-order chi connectivity index (χ0) is 23.1. The highest BCUT2D eigenvalue weighted by molar-refractivity contribution is 7.99. The van der Waals surface area contributed by atoms with Crippen LogP contribution in [0.25, 0.3) is 0 Å². The number of nitrogens with one attached hydrogen (secondary N) is 1. The molecule has 0 spiro atoms. The number of thioether (sulfide) groups is 1. The maximum Gasteiger partial charge on any atom is 0.242 e. The summed E-state index contributed by atoms with van der Waals surface area (Å²) < 4.78 is 13.3. The van der Waals surface area contributed by atoms with Crippen LogP contribution in [0, 0.1) is 19.7 Å². The summed E-state index contributed by atoms with van der Waals surface area (Å²) in [4.78, 5) is 27.7. The fourth-order valence-corrected chi connectivity index (χ4v) is 5.10. The van der Waals surface area contributed by atoms with Gasteiger partial charge in [0.05, 0.1) is 5.75 Å². The Labute approximate surface area is 195 Å². The molecule has 2 aromatic carbocycles. The van der Waals surface area contributed by atoms with Crippen molar-refractivity contribution in [3.63, 3.8) is 0 Å². The lowest BCUT2D eigenvalue weighted by atomic mass is 10.1. The molecule has 1 saturated carbocycles. The van der Waals surface area contributed by atoms with E-state index in [2.05, 4.69) is 37.4 Å². The number of hydrogen-bond acceptors (Lipinski definition) is 3. The van der Waals surface area contributed by atoms with Gasteiger partial charge in [-0.2, -0.15) is 0 Å². The van der Waals surface area contributed by atoms with Gasteiger partial charge in [0.25, 0.3) is 0 Å². The van der Waals surface area contributed by atoms with E-state index in [0.29, 0.717) is 0 Å². The van der Waals surface area contributed by atoms with Crippen molar-refractivity contribution in [1.82, 2.24) is 10.2 Å². The predicted molar refractivity (Wildman–Crippen MR) is 129 cm³/mol. The van der Waals surface area contributed by atoms with Gasteiger partial charge >= 0.3 is 0 Å². The molecule has 0 heterocycles. The first-order chi connectivity index (χ1) is 15.3. The van der Waals surface area contributed by atoms with Crippen molar-refractivity contribution in [1.29, 1.82) is 0 Å². The number of nitrogens with zero attached hydrogens (tertiary/aromatic N) is 1. The molecule has 0 saturated heterocycles. The quantitative estimate of drug-likeness (QED) is 0.568. The summed E-state index contributed by atoms with van der Waals surface area (Å²) in [5, 5.41) is 3.10. The molecule has 6 heteroatoms. The third-order valence-electron chi connectivity index (χ3n) is 5.91. The van der Waals surface area contributed by atoms with Crippen molar-refractivity contribution in [2.45, 2.75) is 70.8 Å². The molecule has 4 nitrogen and oxygen atoms in total. The van der Waals surface area contributed by atoms with Gasteiger partial charge in [0.1, 0.15) is 11.9 Å². The van der Waals surface area contributed by atoms with Gasteiger partial charge in [-0.3, -0.25) is 9.59 Å². The molecule has 1 N–H and O–H groups in total. The Kier molecular flexibility index (Phi) is 8.74. The summed E-state index contributed by atoms with van der Waals surface area (Å²) in [5.41, 5.74) is 4.42. The van der Waals surface area contributed by atoms with Crippen LogP contribution >= 0.6 is 11.8 Å². The van der Waals surface area contributed by atoms with Gasteiger partial charge in [0, 0.05) is 18.3 Å². The fraction of sp³-hybridized carbons (Fsp3) is 0.462. The van der Waals surface area contributed by atoms with Crippen LogP contribution in [0.2, 0.25) is 0 Å². The van der Waals surface area contributed by atoms with E-state index < -0.39 is 6.04 Å². The van der Waals surface area contributed by atoms with Gasteiger partial charge in [-0.25, -0.2) is 4.39 Å². The molecule has 2 amide bonds. The van der Waals surface area contributed by atoms with Crippen LogP contribution in [-0.4, -0.2) is 34.6 Å². The summed E-state index contributed by atoms with van der Waals surface area (Å²) >= 11 is 1.55. The SMILES string of the molecule is Cc1cc(C)cc(CSCC(=O)N(Cc2ccc(F)cc2)C(C)C(=O)NC2CCCC2)c1. The molecule has 1 unspecified atom stereocenters. The second-order valence-corrected chi connectivity index (χ2v) is 9.79. The van der Waals surface area contributed by atoms with E-state index in [1.807, 2.05) is 0 Å². The van der Waals surface area contributed by atoms with Gasteiger partial charge in [-0.15, -0.1) is 11.8 Å². The van der Waals surface area contributed by atoms with Crippen LogP contribution in [0.5, 0.6) is 0 Å². The maximum atomic E-state index is 13.3. The summed E-state index contributed by atoms with van der Waals surface area (Å²) in [7, 11) is 0. The van der Waals surface area contributed by atoms with Crippen molar-refractivity contribution in [2.24, 2.45) is 0 Å². The van der Waals surface area contributed by atoms with Crippen LogP contribution in [-0.2, 0) is 21.9 Å². The van der Waals surface area contributed by atoms with Crippen molar-refractivity contribution in [3.8, 4) is 0 Å². The topological polar surface area (TPSA) is 49.4 Å². The fourth-order valence-electron chi connectivity index (χ4n) is 4.25. The van der Waals surface area contributed by atoms with Crippen LogP contribution in [0.15, 0.2) is 42.5 Å². The van der Waals surface area contributed by atoms with E-state index in [9.17, 15) is 14.0 Å². The second kappa shape index (κ2) is 11.5. The van der Waals surface area contributed by atoms with Gasteiger partial charge in [-0.1, -0.05) is 54.3 Å². The zero-order valence-electron chi connectivity index (χ0n) is 19.2. The second-order valence-electron chi connectivity index (χ2n) is 8.80. The first-order valence-electron chi connectivity index (χ1n) is 11.3. The van der Waals surface area contributed by atoms with E-state index >= 15 is 0 Å². The molecule has 0 radical (unpaired) electrons. The van der Waals surface area contributed by atoms with Crippen LogP contribution in [0.1, 0.15) is 54.9 Å². The molecular formula is C26H33FN2O2S. The van der Waals surface area contributed by atoms with Crippen LogP contribution < -0.4 is 5.32 Å². The Morgan fingerprint density at radius 3 is 2.31 bits per heavy atom. The van der Waals surface area contributed by atoms with Gasteiger partial charge in [-0.05, 0) is 56.9 Å². The van der Waals surface area contributed by atoms with Gasteiger partial charge in [0.2, 0.25) is 11.8 Å².